The second kappa shape index (κ2) is 10.0. The number of hydrogen-bond acceptors (Lipinski definition) is 7. The molecule has 10 heteroatoms. The van der Waals surface area contributed by atoms with E-state index in [-0.39, 0.29) is 23.6 Å². The van der Waals surface area contributed by atoms with Crippen molar-refractivity contribution in [2.24, 2.45) is 0 Å². The molecule has 0 aliphatic rings. The normalized spacial score (nSPS) is 11.2. The lowest BCUT2D eigenvalue weighted by Crippen LogP contribution is -2.43. The number of nitro benzene ring substituents is 1. The summed E-state index contributed by atoms with van der Waals surface area (Å²) in [5.41, 5.74) is 0.964. The highest BCUT2D eigenvalue weighted by atomic mass is 16.6. The van der Waals surface area contributed by atoms with Gasteiger partial charge in [0.2, 0.25) is 5.91 Å². The maximum atomic E-state index is 12.6. The van der Waals surface area contributed by atoms with Crippen molar-refractivity contribution >= 4 is 29.2 Å². The maximum Gasteiger partial charge on any atom is 0.328 e. The Morgan fingerprint density at radius 2 is 1.77 bits per heavy atom. The molecule has 0 unspecified atom stereocenters. The predicted molar refractivity (Wildman–Crippen MR) is 107 cm³/mol. The number of rotatable bonds is 8. The smallest absolute Gasteiger partial charge is 0.328 e. The molecule has 0 saturated carbocycles. The Balaban J connectivity index is 2.23. The molecule has 2 amide bonds. The van der Waals surface area contributed by atoms with Crippen LogP contribution in [0.25, 0.3) is 0 Å². The van der Waals surface area contributed by atoms with Crippen molar-refractivity contribution < 1.29 is 28.8 Å². The lowest BCUT2D eigenvalue weighted by Gasteiger charge is -2.18. The summed E-state index contributed by atoms with van der Waals surface area (Å²) in [6.07, 6.45) is -0.0761. The number of amides is 2. The third-order valence-corrected chi connectivity index (χ3v) is 4.16. The summed E-state index contributed by atoms with van der Waals surface area (Å²) >= 11 is 0. The molecule has 0 spiro atoms. The van der Waals surface area contributed by atoms with Gasteiger partial charge in [0.05, 0.1) is 19.1 Å². The van der Waals surface area contributed by atoms with Gasteiger partial charge in [0.25, 0.3) is 11.6 Å². The first kappa shape index (κ1) is 22.3. The van der Waals surface area contributed by atoms with Gasteiger partial charge in [0.15, 0.2) is 0 Å². The molecule has 0 bridgehead atoms. The van der Waals surface area contributed by atoms with Crippen molar-refractivity contribution in [2.75, 3.05) is 19.5 Å². The van der Waals surface area contributed by atoms with Gasteiger partial charge < -0.3 is 20.1 Å². The zero-order valence-electron chi connectivity index (χ0n) is 16.6. The molecule has 0 aliphatic carbocycles. The number of ether oxygens (including phenoxy) is 2. The van der Waals surface area contributed by atoms with Gasteiger partial charge in [-0.2, -0.15) is 0 Å². The number of nitro groups is 1. The molecule has 158 valence electrons. The molecule has 0 fully saturated rings. The summed E-state index contributed by atoms with van der Waals surface area (Å²) < 4.78 is 9.97. The van der Waals surface area contributed by atoms with E-state index in [1.165, 1.54) is 51.5 Å². The van der Waals surface area contributed by atoms with E-state index in [1.807, 2.05) is 0 Å². The number of carbonyl (C=O) groups is 3. The first-order valence-electron chi connectivity index (χ1n) is 8.82. The molecule has 0 radical (unpaired) electrons. The van der Waals surface area contributed by atoms with Gasteiger partial charge in [-0.05, 0) is 30.3 Å². The quantitative estimate of drug-likeness (QED) is 0.382. The number of nitrogens with one attached hydrogen (secondary N) is 2. The minimum atomic E-state index is -1.10. The Kier molecular flexibility index (Phi) is 7.45. The topological polar surface area (TPSA) is 137 Å². The van der Waals surface area contributed by atoms with Gasteiger partial charge in [-0.1, -0.05) is 0 Å². The van der Waals surface area contributed by atoms with Gasteiger partial charge in [-0.3, -0.25) is 19.7 Å². The molecular formula is C20H21N3O7. The molecule has 0 heterocycles. The van der Waals surface area contributed by atoms with Crippen LogP contribution in [0.3, 0.4) is 0 Å². The maximum absolute atomic E-state index is 12.6. The van der Waals surface area contributed by atoms with Crippen molar-refractivity contribution in [2.45, 2.75) is 19.4 Å². The lowest BCUT2D eigenvalue weighted by molar-refractivity contribution is -0.384. The number of benzene rings is 2. The molecule has 2 aromatic carbocycles. The number of nitrogens with zero attached hydrogens (tertiary/aromatic N) is 1. The largest absolute Gasteiger partial charge is 0.496 e. The van der Waals surface area contributed by atoms with E-state index in [0.29, 0.717) is 17.0 Å². The van der Waals surface area contributed by atoms with Crippen molar-refractivity contribution in [1.29, 1.82) is 0 Å². The molecule has 1 atom stereocenters. The Morgan fingerprint density at radius 3 is 2.30 bits per heavy atom. The number of hydrogen-bond donors (Lipinski definition) is 2. The zero-order chi connectivity index (χ0) is 22.3. The van der Waals surface area contributed by atoms with Crippen LogP contribution < -0.4 is 15.4 Å². The Hall–Kier alpha value is -3.95. The van der Waals surface area contributed by atoms with E-state index < -0.39 is 22.8 Å². The second-order valence-corrected chi connectivity index (χ2v) is 6.27. The molecular weight excluding hydrogens is 394 g/mol. The summed E-state index contributed by atoms with van der Waals surface area (Å²) in [5.74, 6) is -1.18. The van der Waals surface area contributed by atoms with Crippen LogP contribution in [0.5, 0.6) is 5.75 Å². The second-order valence-electron chi connectivity index (χ2n) is 6.27. The van der Waals surface area contributed by atoms with Crippen LogP contribution in [0.2, 0.25) is 0 Å². The van der Waals surface area contributed by atoms with E-state index in [1.54, 1.807) is 12.1 Å². The van der Waals surface area contributed by atoms with Crippen molar-refractivity contribution in [1.82, 2.24) is 5.32 Å². The van der Waals surface area contributed by atoms with E-state index >= 15 is 0 Å². The molecule has 0 aromatic heterocycles. The van der Waals surface area contributed by atoms with E-state index in [4.69, 9.17) is 9.47 Å². The van der Waals surface area contributed by atoms with E-state index in [9.17, 15) is 24.5 Å². The number of esters is 1. The average Bonchev–Trinajstić information content (AvgIpc) is 2.72. The molecule has 2 aromatic rings. The molecule has 2 N–H and O–H groups in total. The highest BCUT2D eigenvalue weighted by molar-refractivity contribution is 5.97. The van der Waals surface area contributed by atoms with E-state index in [2.05, 4.69) is 10.6 Å². The third-order valence-electron chi connectivity index (χ3n) is 4.16. The van der Waals surface area contributed by atoms with Crippen molar-refractivity contribution in [3.05, 3.63) is 63.7 Å². The van der Waals surface area contributed by atoms with Gasteiger partial charge in [-0.25, -0.2) is 4.79 Å². The third kappa shape index (κ3) is 5.77. The fourth-order valence-corrected chi connectivity index (χ4v) is 2.74. The zero-order valence-corrected chi connectivity index (χ0v) is 16.6. The minimum absolute atomic E-state index is 0.0761. The van der Waals surface area contributed by atoms with E-state index in [0.717, 1.165) is 0 Å². The summed E-state index contributed by atoms with van der Waals surface area (Å²) in [5, 5.41) is 16.2. The Bertz CT molecular complexity index is 957. The van der Waals surface area contributed by atoms with Crippen LogP contribution in [0.4, 0.5) is 11.4 Å². The number of non-ortho nitro benzene ring substituents is 1. The molecule has 10 nitrogen and oxygen atoms in total. The number of carbonyl (C=O) groups excluding carboxylic acids is 3. The van der Waals surface area contributed by atoms with Crippen LogP contribution in [0, 0.1) is 10.1 Å². The molecule has 2 rings (SSSR count). The molecule has 0 saturated heterocycles. The Labute approximate surface area is 172 Å². The number of anilines is 1. The fourth-order valence-electron chi connectivity index (χ4n) is 2.74. The standard InChI is InChI=1S/C20H21N3O7/c1-12(24)21-15-6-4-13(5-7-15)19(25)22-17(20(26)30-3)11-14-10-16(23(27)28)8-9-18(14)29-2/h4-10,17H,11H2,1-3H3,(H,21,24)(H,22,25)/t17-/m1/s1. The molecule has 0 aliphatic heterocycles. The number of methoxy groups -OCH3 is 2. The fraction of sp³-hybridized carbons (Fsp3) is 0.250. The van der Waals surface area contributed by atoms with Crippen LogP contribution in [0.15, 0.2) is 42.5 Å². The van der Waals surface area contributed by atoms with Crippen LogP contribution >= 0.6 is 0 Å². The average molecular weight is 415 g/mol. The highest BCUT2D eigenvalue weighted by Crippen LogP contribution is 2.25. The highest BCUT2D eigenvalue weighted by Gasteiger charge is 2.25. The summed E-state index contributed by atoms with van der Waals surface area (Å²) in [7, 11) is 2.57. The predicted octanol–water partition coefficient (Wildman–Crippen LogP) is 2.08. The SMILES string of the molecule is COC(=O)[C@@H](Cc1cc([N+](=O)[O-])ccc1OC)NC(=O)c1ccc(NC(C)=O)cc1. The van der Waals surface area contributed by atoms with Crippen LogP contribution in [-0.4, -0.2) is 43.0 Å². The van der Waals surface area contributed by atoms with Crippen LogP contribution in [-0.2, 0) is 20.7 Å². The lowest BCUT2D eigenvalue weighted by atomic mass is 10.0. The Morgan fingerprint density at radius 1 is 1.10 bits per heavy atom. The summed E-state index contributed by atoms with van der Waals surface area (Å²) in [6, 6.07) is 8.96. The monoisotopic (exact) mass is 415 g/mol. The van der Waals surface area contributed by atoms with Crippen molar-refractivity contribution in [3.8, 4) is 5.75 Å². The van der Waals surface area contributed by atoms with Crippen molar-refractivity contribution in [3.63, 3.8) is 0 Å². The summed E-state index contributed by atoms with van der Waals surface area (Å²) in [6.45, 7) is 1.36. The first-order chi connectivity index (χ1) is 14.2. The van der Waals surface area contributed by atoms with Crippen LogP contribution in [0.1, 0.15) is 22.8 Å². The minimum Gasteiger partial charge on any atom is -0.496 e. The van der Waals surface area contributed by atoms with Gasteiger partial charge in [-0.15, -0.1) is 0 Å². The summed E-state index contributed by atoms with van der Waals surface area (Å²) in [4.78, 5) is 46.4. The van der Waals surface area contributed by atoms with Gasteiger partial charge in [0, 0.05) is 42.3 Å². The molecule has 30 heavy (non-hydrogen) atoms. The van der Waals surface area contributed by atoms with Gasteiger partial charge in [0.1, 0.15) is 11.8 Å². The van der Waals surface area contributed by atoms with Gasteiger partial charge >= 0.3 is 5.97 Å². The first-order valence-corrected chi connectivity index (χ1v) is 8.82.